The molecule has 0 fully saturated rings. The van der Waals surface area contributed by atoms with E-state index in [-0.39, 0.29) is 55.0 Å². The Morgan fingerprint density at radius 2 is 1.10 bits per heavy atom. The molecule has 0 unspecified atom stereocenters. The van der Waals surface area contributed by atoms with Gasteiger partial charge in [-0.3, -0.25) is 4.55 Å². The first-order chi connectivity index (χ1) is 22.8. The van der Waals surface area contributed by atoms with Crippen LogP contribution < -0.4 is 14.6 Å². The Morgan fingerprint density at radius 1 is 0.612 bits per heavy atom. The van der Waals surface area contributed by atoms with Gasteiger partial charge in [0.2, 0.25) is 0 Å². The Balaban J connectivity index is 0.000000333. The number of aromatic hydroxyl groups is 1. The number of phenolic OH excluding ortho intramolecular Hbond substituents is 1. The van der Waals surface area contributed by atoms with Gasteiger partial charge in [0.05, 0.1) is 4.90 Å². The van der Waals surface area contributed by atoms with Gasteiger partial charge in [-0.05, 0) is 73.2 Å². The summed E-state index contributed by atoms with van der Waals surface area (Å²) >= 11 is 0. The van der Waals surface area contributed by atoms with Gasteiger partial charge < -0.3 is 24.2 Å². The number of rotatable bonds is 16. The Morgan fingerprint density at radius 3 is 1.57 bits per heavy atom. The van der Waals surface area contributed by atoms with Crippen LogP contribution in [0.5, 0.6) is 34.5 Å². The van der Waals surface area contributed by atoms with Crippen molar-refractivity contribution in [2.75, 3.05) is 0 Å². The van der Waals surface area contributed by atoms with Gasteiger partial charge in [0, 0.05) is 18.2 Å². The smallest absolute Gasteiger partial charge is 0.872 e. The maximum Gasteiger partial charge on any atom is 2.00 e. The largest absolute Gasteiger partial charge is 2.00 e. The molecule has 0 radical (unpaired) electrons. The molecule has 0 saturated heterocycles. The van der Waals surface area contributed by atoms with E-state index < -0.39 is 35.8 Å². The number of aryl methyl sites for hydroxylation is 2. The van der Waals surface area contributed by atoms with Crippen LogP contribution in [0, 0.1) is 0 Å². The van der Waals surface area contributed by atoms with Crippen molar-refractivity contribution < 1.29 is 45.6 Å². The van der Waals surface area contributed by atoms with Gasteiger partial charge in [0.15, 0.2) is 0 Å². The summed E-state index contributed by atoms with van der Waals surface area (Å²) in [7, 11) is -9.10. The van der Waals surface area contributed by atoms with Gasteiger partial charge in [-0.2, -0.15) is 8.42 Å². The zero-order valence-electron chi connectivity index (χ0n) is 27.8. The monoisotopic (exact) mass is 738 g/mol. The van der Waals surface area contributed by atoms with Gasteiger partial charge >= 0.3 is 37.7 Å². The summed E-state index contributed by atoms with van der Waals surface area (Å²) in [6, 6.07) is 21.4. The van der Waals surface area contributed by atoms with Crippen molar-refractivity contribution in [3.8, 4) is 34.5 Å². The van der Waals surface area contributed by atoms with Crippen molar-refractivity contribution in [3.63, 3.8) is 0 Å². The van der Waals surface area contributed by atoms with E-state index in [4.69, 9.17) is 14.0 Å². The van der Waals surface area contributed by atoms with E-state index in [1.54, 1.807) is 12.1 Å². The molecule has 2 N–H and O–H groups in total. The first-order valence-electron chi connectivity index (χ1n) is 15.9. The van der Waals surface area contributed by atoms with E-state index in [0.29, 0.717) is 11.5 Å². The number of unbranched alkanes of at least 4 members (excludes halogenated alkanes) is 6. The summed E-state index contributed by atoms with van der Waals surface area (Å²) in [5.74, 6) is 0.358. The molecule has 49 heavy (non-hydrogen) atoms. The topological polar surface area (TPSA) is 173 Å². The van der Waals surface area contributed by atoms with E-state index in [1.807, 2.05) is 36.4 Å². The second-order valence-electron chi connectivity index (χ2n) is 11.4. The molecule has 10 nitrogen and oxygen atoms in total. The van der Waals surface area contributed by atoms with Crippen LogP contribution in [0.3, 0.4) is 0 Å². The standard InChI is InChI=1S/2C18H22O5S.Ca/c2*1-2-3-4-5-7-14-8-6-9-16(10-14)23-17-11-15(19)12-18(13-17)24(20,21)22;/h2*6,8-13,19H,2-5,7H2,1H3,(H,20,21,22);/q;;+2/p-2. The molecule has 0 heterocycles. The van der Waals surface area contributed by atoms with Crippen molar-refractivity contribution in [3.05, 3.63) is 96.1 Å². The molecule has 260 valence electrons. The SMILES string of the molecule is CCCCCCc1cccc(Oc2cc(O)cc(S(=O)(=O)O)c2)c1.CCCCCCc1cccc(Oc2cc([O-])cc(S(=O)(=O)[O-])c2)c1.[Ca+2]. The van der Waals surface area contributed by atoms with Crippen LogP contribution in [-0.2, 0) is 33.1 Å². The minimum absolute atomic E-state index is 0. The molecule has 0 spiro atoms. The summed E-state index contributed by atoms with van der Waals surface area (Å²) in [6.45, 7) is 4.33. The van der Waals surface area contributed by atoms with Crippen LogP contribution in [0.4, 0.5) is 0 Å². The molecule has 0 aliphatic rings. The molecule has 0 atom stereocenters. The molecule has 0 bridgehead atoms. The van der Waals surface area contributed by atoms with Crippen LogP contribution in [0.2, 0.25) is 0 Å². The third-order valence-electron chi connectivity index (χ3n) is 7.21. The minimum atomic E-state index is -4.70. The maximum absolute atomic E-state index is 11.5. The number of hydrogen-bond acceptors (Lipinski definition) is 9. The Kier molecular flexibility index (Phi) is 17.9. The fourth-order valence-corrected chi connectivity index (χ4v) is 5.88. The van der Waals surface area contributed by atoms with Gasteiger partial charge in [-0.15, -0.1) is 5.75 Å². The Labute approximate surface area is 319 Å². The summed E-state index contributed by atoms with van der Waals surface area (Å²) < 4.78 is 75.9. The summed E-state index contributed by atoms with van der Waals surface area (Å²) in [4.78, 5) is -0.992. The molecule has 13 heteroatoms. The van der Waals surface area contributed by atoms with Crippen LogP contribution in [0.15, 0.2) is 94.7 Å². The molecular weight excluding hydrogens is 697 g/mol. The maximum atomic E-state index is 11.5. The van der Waals surface area contributed by atoms with Crippen LogP contribution in [-0.4, -0.2) is 68.8 Å². The molecule has 0 aromatic heterocycles. The van der Waals surface area contributed by atoms with E-state index in [1.165, 1.54) is 50.7 Å². The van der Waals surface area contributed by atoms with Gasteiger partial charge in [-0.25, -0.2) is 8.42 Å². The minimum Gasteiger partial charge on any atom is -0.872 e. The molecule has 4 rings (SSSR count). The molecule has 4 aromatic carbocycles. The normalized spacial score (nSPS) is 11.2. The first-order valence-corrected chi connectivity index (χ1v) is 18.7. The Hall–Kier alpha value is -2.84. The zero-order valence-corrected chi connectivity index (χ0v) is 31.7. The number of ether oxygens (including phenoxy) is 2. The fourth-order valence-electron chi connectivity index (χ4n) is 4.83. The fraction of sp³-hybridized carbons (Fsp3) is 0.333. The van der Waals surface area contributed by atoms with Crippen molar-refractivity contribution in [1.82, 2.24) is 0 Å². The predicted octanol–water partition coefficient (Wildman–Crippen LogP) is 7.75. The van der Waals surface area contributed by atoms with Crippen molar-refractivity contribution in [1.29, 1.82) is 0 Å². The number of hydrogen-bond donors (Lipinski definition) is 2. The van der Waals surface area contributed by atoms with E-state index in [0.717, 1.165) is 61.1 Å². The van der Waals surface area contributed by atoms with Crippen molar-refractivity contribution in [2.45, 2.75) is 87.8 Å². The quantitative estimate of drug-likeness (QED) is 0.0657. The van der Waals surface area contributed by atoms with Gasteiger partial charge in [-0.1, -0.05) is 82.7 Å². The van der Waals surface area contributed by atoms with Crippen molar-refractivity contribution >= 4 is 58.0 Å². The third kappa shape index (κ3) is 15.7. The summed E-state index contributed by atoms with van der Waals surface area (Å²) in [5, 5.41) is 21.1. The summed E-state index contributed by atoms with van der Waals surface area (Å²) in [5.41, 5.74) is 2.25. The molecule has 0 saturated carbocycles. The van der Waals surface area contributed by atoms with E-state index in [9.17, 15) is 31.6 Å². The first kappa shape index (κ1) is 42.3. The number of phenols is 1. The van der Waals surface area contributed by atoms with Crippen LogP contribution in [0.1, 0.15) is 76.3 Å². The van der Waals surface area contributed by atoms with Crippen molar-refractivity contribution in [2.24, 2.45) is 0 Å². The third-order valence-corrected chi connectivity index (χ3v) is 8.86. The second-order valence-corrected chi connectivity index (χ2v) is 14.2. The van der Waals surface area contributed by atoms with Crippen LogP contribution >= 0.6 is 0 Å². The molecule has 0 amide bonds. The molecule has 0 aliphatic carbocycles. The second kappa shape index (κ2) is 20.7. The molecule has 0 aliphatic heterocycles. The van der Waals surface area contributed by atoms with Crippen LogP contribution in [0.25, 0.3) is 0 Å². The predicted molar refractivity (Wildman–Crippen MR) is 186 cm³/mol. The molecule has 4 aromatic rings. The van der Waals surface area contributed by atoms with Gasteiger partial charge in [0.25, 0.3) is 10.1 Å². The van der Waals surface area contributed by atoms with E-state index >= 15 is 0 Å². The zero-order chi connectivity index (χ0) is 35.2. The number of benzene rings is 4. The average Bonchev–Trinajstić information content (AvgIpc) is 3.01. The average molecular weight is 739 g/mol. The van der Waals surface area contributed by atoms with Gasteiger partial charge in [0.1, 0.15) is 43.8 Å². The Bertz CT molecular complexity index is 1710. The molecular formula is C36H42CaO10S2. The van der Waals surface area contributed by atoms with E-state index in [2.05, 4.69) is 13.8 Å². The summed E-state index contributed by atoms with van der Waals surface area (Å²) in [6.07, 6.45) is 11.2.